The summed E-state index contributed by atoms with van der Waals surface area (Å²) in [6.45, 7) is 19.5. The lowest BCUT2D eigenvalue weighted by Crippen LogP contribution is -2.47. The molecule has 0 amide bonds. The maximum absolute atomic E-state index is 11.4. The Morgan fingerprint density at radius 1 is 1.06 bits per heavy atom. The minimum Gasteiger partial charge on any atom is -0.234 e. The molecule has 0 aromatic rings. The summed E-state index contributed by atoms with van der Waals surface area (Å²) >= 11 is 0. The van der Waals surface area contributed by atoms with Crippen LogP contribution in [0.5, 0.6) is 0 Å². The highest BCUT2D eigenvalue weighted by molar-refractivity contribution is 6.90. The molecule has 1 nitrogen and oxygen atoms in total. The lowest BCUT2D eigenvalue weighted by atomic mass is 10.2. The topological polar surface area (TPSA) is 17.1 Å². The predicted molar refractivity (Wildman–Crippen MR) is 79.7 cm³/mol. The fraction of sp³-hybridized carbons (Fsp3) is 0.733. The van der Waals surface area contributed by atoms with Gasteiger partial charge >= 0.3 is 0 Å². The molecule has 0 aromatic heterocycles. The van der Waals surface area contributed by atoms with Gasteiger partial charge in [0.15, 0.2) is 0 Å². The molecule has 0 atom stereocenters. The third-order valence-corrected chi connectivity index (χ3v) is 11.0. The van der Waals surface area contributed by atoms with E-state index in [1.165, 1.54) is 0 Å². The molecule has 0 N–H and O–H groups in total. The summed E-state index contributed by atoms with van der Waals surface area (Å²) in [4.78, 5) is 11.4. The first kappa shape index (κ1) is 16.4. The molecule has 0 bridgehead atoms. The Kier molecular flexibility index (Phi) is 6.15. The van der Waals surface area contributed by atoms with E-state index in [4.69, 9.17) is 0 Å². The molecule has 0 spiro atoms. The van der Waals surface area contributed by atoms with Gasteiger partial charge in [-0.25, -0.2) is 4.79 Å². The summed E-state index contributed by atoms with van der Waals surface area (Å²) in [5.74, 6) is 2.29. The maximum atomic E-state index is 11.4. The Morgan fingerprint density at radius 2 is 1.41 bits per heavy atom. The van der Waals surface area contributed by atoms with E-state index in [2.05, 4.69) is 54.1 Å². The average molecular weight is 252 g/mol. The minimum absolute atomic E-state index is 0.568. The summed E-state index contributed by atoms with van der Waals surface area (Å²) < 4.78 is 0. The molecule has 0 aliphatic rings. The quantitative estimate of drug-likeness (QED) is 0.372. The van der Waals surface area contributed by atoms with Crippen molar-refractivity contribution < 1.29 is 4.79 Å². The molecular weight excluding hydrogens is 224 g/mol. The number of carbonyl (C=O) groups excluding carboxylic acids is 1. The van der Waals surface area contributed by atoms with Crippen LogP contribution in [-0.2, 0) is 4.79 Å². The van der Waals surface area contributed by atoms with E-state index < -0.39 is 8.07 Å². The monoisotopic (exact) mass is 252 g/mol. The lowest BCUT2D eigenvalue weighted by molar-refractivity contribution is 0.567. The van der Waals surface area contributed by atoms with Gasteiger partial charge in [-0.05, 0) is 30.0 Å². The van der Waals surface area contributed by atoms with Gasteiger partial charge in [-0.3, -0.25) is 0 Å². The molecule has 0 fully saturated rings. The van der Waals surface area contributed by atoms with E-state index in [1.54, 1.807) is 0 Å². The van der Waals surface area contributed by atoms with Crippen molar-refractivity contribution in [1.29, 1.82) is 0 Å². The molecular formula is C15H28OSi. The molecule has 2 heteroatoms. The third-order valence-electron chi connectivity index (χ3n) is 3.99. The Labute approximate surface area is 108 Å². The average Bonchev–Trinajstić information content (AvgIpc) is 2.14. The molecule has 98 valence electrons. The summed E-state index contributed by atoms with van der Waals surface area (Å²) in [6, 6.07) is 0. The summed E-state index contributed by atoms with van der Waals surface area (Å²) in [5.41, 5.74) is 2.78. The number of rotatable bonds is 6. The zero-order valence-corrected chi connectivity index (χ0v) is 13.6. The van der Waals surface area contributed by atoms with Crippen LogP contribution in [0.4, 0.5) is 0 Å². The second-order valence-corrected chi connectivity index (χ2v) is 12.0. The van der Waals surface area contributed by atoms with Crippen LogP contribution in [0.2, 0.25) is 16.6 Å². The molecule has 0 aliphatic heterocycles. The van der Waals surface area contributed by atoms with Crippen molar-refractivity contribution in [2.75, 3.05) is 0 Å². The molecule has 0 aliphatic carbocycles. The van der Waals surface area contributed by atoms with Crippen LogP contribution >= 0.6 is 0 Å². The van der Waals surface area contributed by atoms with Gasteiger partial charge < -0.3 is 0 Å². The van der Waals surface area contributed by atoms with Crippen molar-refractivity contribution in [3.8, 4) is 0 Å². The van der Waals surface area contributed by atoms with Crippen LogP contribution in [-0.4, -0.2) is 14.0 Å². The molecule has 0 unspecified atom stereocenters. The van der Waals surface area contributed by atoms with E-state index in [1.807, 2.05) is 6.92 Å². The zero-order chi connectivity index (χ0) is 13.8. The third kappa shape index (κ3) is 3.20. The van der Waals surface area contributed by atoms with Crippen LogP contribution < -0.4 is 0 Å². The first-order valence-corrected chi connectivity index (χ1v) is 8.83. The van der Waals surface area contributed by atoms with Gasteiger partial charge in [0.25, 0.3) is 0 Å². The molecule has 0 saturated carbocycles. The fourth-order valence-corrected chi connectivity index (χ4v) is 10.5. The maximum Gasteiger partial charge on any atom is 0.119 e. The zero-order valence-electron chi connectivity index (χ0n) is 12.6. The van der Waals surface area contributed by atoms with Crippen LogP contribution in [0.3, 0.4) is 0 Å². The van der Waals surface area contributed by atoms with E-state index in [0.717, 1.165) is 17.2 Å². The van der Waals surface area contributed by atoms with Gasteiger partial charge in [-0.1, -0.05) is 53.7 Å². The van der Waals surface area contributed by atoms with Crippen molar-refractivity contribution in [3.05, 3.63) is 17.3 Å². The number of hydrogen-bond acceptors (Lipinski definition) is 1. The largest absolute Gasteiger partial charge is 0.234 e. The van der Waals surface area contributed by atoms with Crippen LogP contribution in [0.15, 0.2) is 17.3 Å². The van der Waals surface area contributed by atoms with Crippen LogP contribution in [0, 0.1) is 0 Å². The highest BCUT2D eigenvalue weighted by Crippen LogP contribution is 2.46. The normalized spacial score (nSPS) is 12.1. The minimum atomic E-state index is -1.79. The van der Waals surface area contributed by atoms with Crippen molar-refractivity contribution in [2.45, 2.75) is 71.5 Å². The summed E-state index contributed by atoms with van der Waals surface area (Å²) in [5, 5.41) is 1.03. The smallest absolute Gasteiger partial charge is 0.119 e. The van der Waals surface area contributed by atoms with Gasteiger partial charge in [0, 0.05) is 5.20 Å². The highest BCUT2D eigenvalue weighted by atomic mass is 28.3. The van der Waals surface area contributed by atoms with Crippen molar-refractivity contribution in [1.82, 2.24) is 0 Å². The Balaban J connectivity index is 5.73. The Hall–Kier alpha value is -0.593. The van der Waals surface area contributed by atoms with Gasteiger partial charge in [0.1, 0.15) is 14.0 Å². The van der Waals surface area contributed by atoms with Crippen molar-refractivity contribution in [3.63, 3.8) is 0 Å². The number of allylic oxidation sites excluding steroid dienone is 2. The summed E-state index contributed by atoms with van der Waals surface area (Å²) in [6.07, 6.45) is 0.740. The van der Waals surface area contributed by atoms with Gasteiger partial charge in [-0.2, -0.15) is 0 Å². The first-order chi connectivity index (χ1) is 7.71. The SMILES string of the molecule is C=C(C)CC(=C=O)[Si](C(C)C)(C(C)C)C(C)C. The van der Waals surface area contributed by atoms with E-state index >= 15 is 0 Å². The van der Waals surface area contributed by atoms with Crippen molar-refractivity contribution in [2.24, 2.45) is 0 Å². The van der Waals surface area contributed by atoms with E-state index in [9.17, 15) is 4.79 Å². The van der Waals surface area contributed by atoms with Gasteiger partial charge in [0.2, 0.25) is 0 Å². The summed E-state index contributed by atoms with van der Waals surface area (Å²) in [7, 11) is -1.79. The molecule has 0 radical (unpaired) electrons. The van der Waals surface area contributed by atoms with Crippen molar-refractivity contribution >= 4 is 14.0 Å². The Morgan fingerprint density at radius 3 is 1.59 bits per heavy atom. The second-order valence-electron chi connectivity index (χ2n) is 6.11. The molecule has 0 heterocycles. The Bertz CT molecular complexity index is 298. The lowest BCUT2D eigenvalue weighted by Gasteiger charge is -2.43. The molecule has 17 heavy (non-hydrogen) atoms. The fourth-order valence-electron chi connectivity index (χ4n) is 3.62. The molecule has 0 rings (SSSR count). The number of hydrogen-bond donors (Lipinski definition) is 0. The van der Waals surface area contributed by atoms with E-state index in [-0.39, 0.29) is 0 Å². The van der Waals surface area contributed by atoms with Gasteiger partial charge in [0.05, 0.1) is 0 Å². The predicted octanol–water partition coefficient (Wildman–Crippen LogP) is 4.93. The van der Waals surface area contributed by atoms with Crippen LogP contribution in [0.1, 0.15) is 54.9 Å². The molecule has 0 aromatic carbocycles. The first-order valence-electron chi connectivity index (χ1n) is 6.59. The van der Waals surface area contributed by atoms with Crippen LogP contribution in [0.25, 0.3) is 0 Å². The highest BCUT2D eigenvalue weighted by Gasteiger charge is 2.46. The van der Waals surface area contributed by atoms with E-state index in [0.29, 0.717) is 16.6 Å². The van der Waals surface area contributed by atoms with Gasteiger partial charge in [-0.15, -0.1) is 0 Å². The second kappa shape index (κ2) is 6.37. The standard InChI is InChI=1S/C15H28OSi/c1-11(2)9-15(10-16)17(12(3)4,13(5)6)14(7)8/h12-14H,1,9H2,2-8H3. The molecule has 0 saturated heterocycles.